The fraction of sp³-hybridized carbons (Fsp3) is 0.240. The lowest BCUT2D eigenvalue weighted by atomic mass is 10.1. The van der Waals surface area contributed by atoms with Gasteiger partial charge < -0.3 is 14.8 Å². The number of nitrogens with one attached hydrogen (secondary N) is 1. The highest BCUT2D eigenvalue weighted by atomic mass is 19.1. The van der Waals surface area contributed by atoms with Gasteiger partial charge in [0.25, 0.3) is 0 Å². The molecule has 1 aliphatic heterocycles. The average Bonchev–Trinajstić information content (AvgIpc) is 3.44. The van der Waals surface area contributed by atoms with Crippen LogP contribution in [0.3, 0.4) is 0 Å². The molecule has 0 bridgehead atoms. The summed E-state index contributed by atoms with van der Waals surface area (Å²) in [7, 11) is 0. The quantitative estimate of drug-likeness (QED) is 0.482. The third kappa shape index (κ3) is 4.24. The number of carbonyl (C=O) groups excluding carboxylic acids is 1. The van der Waals surface area contributed by atoms with Crippen molar-refractivity contribution in [1.82, 2.24) is 19.9 Å². The van der Waals surface area contributed by atoms with Crippen LogP contribution in [0.4, 0.5) is 4.39 Å². The van der Waals surface area contributed by atoms with Gasteiger partial charge in [0.05, 0.1) is 5.69 Å². The van der Waals surface area contributed by atoms with E-state index in [-0.39, 0.29) is 18.5 Å². The van der Waals surface area contributed by atoms with E-state index in [2.05, 4.69) is 15.4 Å². The number of hydrogen-bond donors (Lipinski definition) is 1. The zero-order valence-electron chi connectivity index (χ0n) is 18.4. The first-order valence-electron chi connectivity index (χ1n) is 10.7. The Labute approximate surface area is 190 Å². The number of aryl methyl sites for hydroxylation is 2. The van der Waals surface area contributed by atoms with E-state index in [4.69, 9.17) is 9.47 Å². The minimum absolute atomic E-state index is 0.0486. The predicted octanol–water partition coefficient (Wildman–Crippen LogP) is 4.13. The summed E-state index contributed by atoms with van der Waals surface area (Å²) < 4.78 is 26.1. The van der Waals surface area contributed by atoms with Gasteiger partial charge in [-0.2, -0.15) is 5.10 Å². The Bertz CT molecular complexity index is 1370. The van der Waals surface area contributed by atoms with Gasteiger partial charge in [-0.3, -0.25) is 4.79 Å². The molecule has 0 saturated carbocycles. The molecule has 1 N–H and O–H groups in total. The molecule has 0 saturated heterocycles. The van der Waals surface area contributed by atoms with Gasteiger partial charge in [0, 0.05) is 36.0 Å². The Balaban J connectivity index is 1.28. The van der Waals surface area contributed by atoms with Crippen LogP contribution in [0, 0.1) is 19.7 Å². The van der Waals surface area contributed by atoms with Crippen molar-refractivity contribution < 1.29 is 18.7 Å². The number of halogens is 1. The van der Waals surface area contributed by atoms with Crippen molar-refractivity contribution in [2.24, 2.45) is 0 Å². The van der Waals surface area contributed by atoms with Crippen LogP contribution in [0.2, 0.25) is 0 Å². The fourth-order valence-corrected chi connectivity index (χ4v) is 4.06. The number of hydrogen-bond acceptors (Lipinski definition) is 5. The van der Waals surface area contributed by atoms with Crippen molar-refractivity contribution in [2.45, 2.75) is 33.2 Å². The lowest BCUT2D eigenvalue weighted by Crippen LogP contribution is -2.23. The highest BCUT2D eigenvalue weighted by Crippen LogP contribution is 2.32. The van der Waals surface area contributed by atoms with Crippen LogP contribution in [-0.4, -0.2) is 27.3 Å². The first-order valence-corrected chi connectivity index (χ1v) is 10.7. The molecule has 0 aliphatic carbocycles. The summed E-state index contributed by atoms with van der Waals surface area (Å²) in [6.45, 7) is 4.54. The normalized spacial score (nSPS) is 12.3. The van der Waals surface area contributed by atoms with Crippen molar-refractivity contribution in [1.29, 1.82) is 0 Å². The molecule has 1 aliphatic rings. The highest BCUT2D eigenvalue weighted by Gasteiger charge is 2.16. The number of aromatic nitrogens is 3. The molecule has 0 atom stereocenters. The van der Waals surface area contributed by atoms with E-state index in [1.165, 1.54) is 12.1 Å². The molecular weight excluding hydrogens is 423 g/mol. The van der Waals surface area contributed by atoms with Crippen LogP contribution in [0.25, 0.3) is 16.9 Å². The molecule has 1 amide bonds. The van der Waals surface area contributed by atoms with Crippen LogP contribution in [-0.2, 0) is 17.8 Å². The maximum atomic E-state index is 13.6. The maximum Gasteiger partial charge on any atom is 0.231 e. The molecule has 7 nitrogen and oxygen atoms in total. The van der Waals surface area contributed by atoms with Gasteiger partial charge in [0.1, 0.15) is 5.82 Å². The molecular formula is C25H23FN4O3. The van der Waals surface area contributed by atoms with E-state index < -0.39 is 0 Å². The first kappa shape index (κ1) is 20.9. The van der Waals surface area contributed by atoms with Crippen molar-refractivity contribution in [3.8, 4) is 22.8 Å². The van der Waals surface area contributed by atoms with Crippen molar-refractivity contribution in [3.05, 3.63) is 76.9 Å². The second-order valence-electron chi connectivity index (χ2n) is 8.04. The molecule has 3 heterocycles. The van der Waals surface area contributed by atoms with Crippen LogP contribution in [0.5, 0.6) is 11.5 Å². The van der Waals surface area contributed by atoms with Gasteiger partial charge in [-0.15, -0.1) is 0 Å². The van der Waals surface area contributed by atoms with Crippen LogP contribution < -0.4 is 14.8 Å². The molecule has 2 aromatic heterocycles. The summed E-state index contributed by atoms with van der Waals surface area (Å²) in [5.74, 6) is 1.06. The van der Waals surface area contributed by atoms with Crippen LogP contribution >= 0.6 is 0 Å². The van der Waals surface area contributed by atoms with Crippen molar-refractivity contribution >= 4 is 11.6 Å². The highest BCUT2D eigenvalue weighted by molar-refractivity contribution is 5.76. The fourth-order valence-electron chi connectivity index (χ4n) is 4.06. The smallest absolute Gasteiger partial charge is 0.231 e. The van der Waals surface area contributed by atoms with Crippen molar-refractivity contribution in [2.75, 3.05) is 6.79 Å². The largest absolute Gasteiger partial charge is 0.454 e. The number of benzene rings is 2. The topological polar surface area (TPSA) is 77.8 Å². The van der Waals surface area contributed by atoms with E-state index >= 15 is 0 Å². The lowest BCUT2D eigenvalue weighted by molar-refractivity contribution is -0.121. The molecule has 33 heavy (non-hydrogen) atoms. The summed E-state index contributed by atoms with van der Waals surface area (Å²) in [6, 6.07) is 13.8. The Morgan fingerprint density at radius 3 is 2.82 bits per heavy atom. The van der Waals surface area contributed by atoms with Gasteiger partial charge in [-0.05, 0) is 55.7 Å². The Morgan fingerprint density at radius 1 is 1.12 bits per heavy atom. The summed E-state index contributed by atoms with van der Waals surface area (Å²) >= 11 is 0. The van der Waals surface area contributed by atoms with Gasteiger partial charge in [-0.1, -0.05) is 18.2 Å². The first-order chi connectivity index (χ1) is 16.0. The maximum absolute atomic E-state index is 13.6. The van der Waals surface area contributed by atoms with Crippen molar-refractivity contribution in [3.63, 3.8) is 0 Å². The van der Waals surface area contributed by atoms with Gasteiger partial charge in [-0.25, -0.2) is 13.9 Å². The second-order valence-corrected chi connectivity index (χ2v) is 8.04. The molecule has 0 spiro atoms. The Kier molecular flexibility index (Phi) is 5.42. The average molecular weight is 446 g/mol. The summed E-state index contributed by atoms with van der Waals surface area (Å²) in [6.07, 6.45) is 0.875. The molecule has 0 unspecified atom stereocenters. The molecule has 5 rings (SSSR count). The van der Waals surface area contributed by atoms with Gasteiger partial charge in [0.2, 0.25) is 12.7 Å². The van der Waals surface area contributed by atoms with Gasteiger partial charge >= 0.3 is 0 Å². The molecule has 0 radical (unpaired) electrons. The third-order valence-electron chi connectivity index (χ3n) is 5.81. The monoisotopic (exact) mass is 446 g/mol. The minimum atomic E-state index is -0.308. The van der Waals surface area contributed by atoms with Crippen LogP contribution in [0.1, 0.15) is 28.9 Å². The third-order valence-corrected chi connectivity index (χ3v) is 5.81. The number of ether oxygens (including phenoxy) is 2. The second kappa shape index (κ2) is 8.54. The zero-order valence-corrected chi connectivity index (χ0v) is 18.4. The Hall–Kier alpha value is -3.94. The van der Waals surface area contributed by atoms with E-state index in [1.807, 2.05) is 44.2 Å². The summed E-state index contributed by atoms with van der Waals surface area (Å²) in [4.78, 5) is 17.1. The summed E-state index contributed by atoms with van der Waals surface area (Å²) in [5.41, 5.74) is 5.75. The number of fused-ring (bicyclic) bond motifs is 2. The molecule has 4 aromatic rings. The molecule has 8 heteroatoms. The summed E-state index contributed by atoms with van der Waals surface area (Å²) in [5, 5.41) is 7.58. The molecule has 0 fully saturated rings. The van der Waals surface area contributed by atoms with E-state index in [9.17, 15) is 9.18 Å². The number of carbonyl (C=O) groups is 1. The number of nitrogens with zero attached hydrogens (tertiary/aromatic N) is 3. The minimum Gasteiger partial charge on any atom is -0.454 e. The van der Waals surface area contributed by atoms with Gasteiger partial charge in [0.15, 0.2) is 17.1 Å². The predicted molar refractivity (Wildman–Crippen MR) is 121 cm³/mol. The Morgan fingerprint density at radius 2 is 1.97 bits per heavy atom. The van der Waals surface area contributed by atoms with E-state index in [0.29, 0.717) is 42.0 Å². The van der Waals surface area contributed by atoms with E-state index in [0.717, 1.165) is 28.3 Å². The standard InChI is InChI=1S/C25H23FN4O3/c1-15-20(7-9-25(31)27-13-17-6-8-22-23(10-17)33-14-32-22)16(2)30-24(28-15)12-21(29-30)18-4-3-5-19(26)11-18/h3-6,8,10-12H,7,9,13-14H2,1-2H3,(H,27,31). The number of amides is 1. The van der Waals surface area contributed by atoms with Crippen LogP contribution in [0.15, 0.2) is 48.5 Å². The lowest BCUT2D eigenvalue weighted by Gasteiger charge is -2.11. The molecule has 2 aromatic carbocycles. The SMILES string of the molecule is Cc1nc2cc(-c3cccc(F)c3)nn2c(C)c1CCC(=O)NCc1ccc2c(c1)OCO2. The number of rotatable bonds is 6. The zero-order chi connectivity index (χ0) is 22.9. The molecule has 168 valence electrons. The van der Waals surface area contributed by atoms with E-state index in [1.54, 1.807) is 10.6 Å².